The maximum atomic E-state index is 12.3. The predicted octanol–water partition coefficient (Wildman–Crippen LogP) is 4.47. The third-order valence-corrected chi connectivity index (χ3v) is 4.95. The molecule has 7 nitrogen and oxygen atoms in total. The van der Waals surface area contributed by atoms with Crippen molar-refractivity contribution in [2.45, 2.75) is 38.6 Å². The van der Waals surface area contributed by atoms with E-state index < -0.39 is 18.3 Å². The van der Waals surface area contributed by atoms with Crippen molar-refractivity contribution in [1.82, 2.24) is 5.32 Å². The number of carbonyl (C=O) groups is 2. The number of anilines is 1. The van der Waals surface area contributed by atoms with E-state index in [1.807, 2.05) is 12.1 Å². The van der Waals surface area contributed by atoms with E-state index in [2.05, 4.69) is 15.4 Å². The summed E-state index contributed by atoms with van der Waals surface area (Å²) in [6, 6.07) is 9.83. The van der Waals surface area contributed by atoms with E-state index in [4.69, 9.17) is 21.8 Å². The van der Waals surface area contributed by atoms with Gasteiger partial charge in [-0.2, -0.15) is 0 Å². The Kier molecular flexibility index (Phi) is 9.80. The van der Waals surface area contributed by atoms with Crippen LogP contribution in [0.2, 0.25) is 5.02 Å². The van der Waals surface area contributed by atoms with Crippen LogP contribution in [0, 0.1) is 0 Å². The number of hydrogen-bond donors (Lipinski definition) is 4. The van der Waals surface area contributed by atoms with E-state index in [1.165, 1.54) is 29.3 Å². The van der Waals surface area contributed by atoms with Crippen LogP contribution in [0.3, 0.4) is 0 Å². The Balaban J connectivity index is 0.000000414. The number of aliphatic carboxylic acids is 2. The van der Waals surface area contributed by atoms with E-state index in [9.17, 15) is 22.8 Å². The van der Waals surface area contributed by atoms with Gasteiger partial charge >= 0.3 is 18.3 Å². The number of carboxylic acids is 2. The summed E-state index contributed by atoms with van der Waals surface area (Å²) in [5.41, 5.74) is 3.94. The molecule has 3 rings (SSSR count). The quantitative estimate of drug-likeness (QED) is 0.455. The number of fused-ring (bicyclic) bond motifs is 1. The van der Waals surface area contributed by atoms with Crippen LogP contribution >= 0.6 is 11.6 Å². The van der Waals surface area contributed by atoms with Gasteiger partial charge in [0.1, 0.15) is 5.75 Å². The van der Waals surface area contributed by atoms with Crippen LogP contribution in [0.15, 0.2) is 36.4 Å². The second-order valence-corrected chi connectivity index (χ2v) is 7.55. The van der Waals surface area contributed by atoms with Gasteiger partial charge in [-0.05, 0) is 60.8 Å². The van der Waals surface area contributed by atoms with Crippen LogP contribution in [-0.4, -0.2) is 41.6 Å². The van der Waals surface area contributed by atoms with Gasteiger partial charge in [0.25, 0.3) is 0 Å². The molecule has 0 saturated carbocycles. The third-order valence-electron chi connectivity index (χ3n) is 4.64. The minimum Gasteiger partial charge on any atom is -0.481 e. The van der Waals surface area contributed by atoms with Crippen LogP contribution in [0.1, 0.15) is 29.5 Å². The smallest absolute Gasteiger partial charge is 0.481 e. The number of hydrogen-bond acceptors (Lipinski definition) is 5. The van der Waals surface area contributed by atoms with Crippen molar-refractivity contribution < 1.29 is 37.7 Å². The molecule has 4 N–H and O–H groups in total. The normalized spacial score (nSPS) is 13.1. The summed E-state index contributed by atoms with van der Waals surface area (Å²) in [4.78, 5) is 19.3. The molecule has 0 saturated heterocycles. The van der Waals surface area contributed by atoms with Crippen molar-refractivity contribution in [3.8, 4) is 5.75 Å². The second kappa shape index (κ2) is 12.3. The Labute approximate surface area is 193 Å². The highest BCUT2D eigenvalue weighted by atomic mass is 35.5. The lowest BCUT2D eigenvalue weighted by molar-refractivity contribution is -0.274. The van der Waals surface area contributed by atoms with Crippen LogP contribution in [0.5, 0.6) is 5.75 Å². The maximum absolute atomic E-state index is 12.3. The van der Waals surface area contributed by atoms with E-state index in [0.29, 0.717) is 17.1 Å². The molecular formula is C22H24ClF3N2O5. The average Bonchev–Trinajstić information content (AvgIpc) is 2.97. The Hall–Kier alpha value is -2.98. The van der Waals surface area contributed by atoms with Crippen molar-refractivity contribution in [2.75, 3.05) is 18.4 Å². The van der Waals surface area contributed by atoms with Crippen LogP contribution in [0.25, 0.3) is 0 Å². The van der Waals surface area contributed by atoms with Gasteiger partial charge in [0.05, 0.1) is 23.6 Å². The lowest BCUT2D eigenvalue weighted by Gasteiger charge is -2.17. The van der Waals surface area contributed by atoms with Gasteiger partial charge in [-0.3, -0.25) is 9.59 Å². The topological polar surface area (TPSA) is 108 Å². The first-order valence-electron chi connectivity index (χ1n) is 10.1. The Morgan fingerprint density at radius 3 is 2.36 bits per heavy atom. The summed E-state index contributed by atoms with van der Waals surface area (Å²) in [6.45, 7) is 2.15. The van der Waals surface area contributed by atoms with Crippen LogP contribution in [0.4, 0.5) is 18.9 Å². The average molecular weight is 489 g/mol. The fourth-order valence-corrected chi connectivity index (χ4v) is 3.44. The number of ether oxygens (including phenoxy) is 1. The molecule has 0 atom stereocenters. The van der Waals surface area contributed by atoms with E-state index in [1.54, 1.807) is 6.07 Å². The number of halogens is 4. The van der Waals surface area contributed by atoms with Gasteiger partial charge < -0.3 is 25.6 Å². The lowest BCUT2D eigenvalue weighted by Crippen LogP contribution is -2.17. The van der Waals surface area contributed by atoms with Gasteiger partial charge in [0.2, 0.25) is 0 Å². The molecule has 0 unspecified atom stereocenters. The molecule has 0 bridgehead atoms. The standard InChI is InChI=1S/C18H18ClF3N2O.C4H6O4/c19-16-5-4-13-6-8-23-9-7-15(13)17(16)24-11-12-2-1-3-14(10-12)25-18(20,21)22;5-3(6)1-2-4(7)8/h1-5,10,23-24H,6-9,11H2;1-2H2,(H,5,6)(H,7,8). The molecule has 180 valence electrons. The summed E-state index contributed by atoms with van der Waals surface area (Å²) in [5, 5.41) is 23.0. The molecule has 1 aliphatic rings. The summed E-state index contributed by atoms with van der Waals surface area (Å²) < 4.78 is 41.0. The molecule has 2 aromatic carbocycles. The molecule has 0 aromatic heterocycles. The molecule has 0 aliphatic carbocycles. The SMILES string of the molecule is FC(F)(F)Oc1cccc(CNc2c(Cl)ccc3c2CCNCC3)c1.O=C(O)CCC(=O)O. The molecule has 0 fully saturated rings. The minimum atomic E-state index is -4.70. The number of alkyl halides is 3. The van der Waals surface area contributed by atoms with E-state index in [0.717, 1.165) is 31.6 Å². The predicted molar refractivity (Wildman–Crippen MR) is 117 cm³/mol. The van der Waals surface area contributed by atoms with Gasteiger partial charge in [0, 0.05) is 6.54 Å². The largest absolute Gasteiger partial charge is 0.573 e. The molecule has 2 aromatic rings. The monoisotopic (exact) mass is 488 g/mol. The van der Waals surface area contributed by atoms with Crippen molar-refractivity contribution >= 4 is 29.2 Å². The zero-order chi connectivity index (χ0) is 24.4. The summed E-state index contributed by atoms with van der Waals surface area (Å²) in [6.07, 6.45) is -3.50. The Morgan fingerprint density at radius 1 is 1.06 bits per heavy atom. The minimum absolute atomic E-state index is 0.228. The van der Waals surface area contributed by atoms with Gasteiger partial charge in [-0.25, -0.2) is 0 Å². The molecule has 1 heterocycles. The van der Waals surface area contributed by atoms with Crippen LogP contribution in [-0.2, 0) is 29.0 Å². The van der Waals surface area contributed by atoms with Crippen molar-refractivity contribution in [3.63, 3.8) is 0 Å². The van der Waals surface area contributed by atoms with E-state index in [-0.39, 0.29) is 18.6 Å². The first-order valence-corrected chi connectivity index (χ1v) is 10.5. The van der Waals surface area contributed by atoms with Crippen molar-refractivity contribution in [1.29, 1.82) is 0 Å². The lowest BCUT2D eigenvalue weighted by atomic mass is 10.0. The van der Waals surface area contributed by atoms with Crippen LogP contribution < -0.4 is 15.4 Å². The van der Waals surface area contributed by atoms with Gasteiger partial charge in [-0.15, -0.1) is 13.2 Å². The maximum Gasteiger partial charge on any atom is 0.573 e. The molecule has 33 heavy (non-hydrogen) atoms. The zero-order valence-electron chi connectivity index (χ0n) is 17.5. The number of rotatable bonds is 7. The second-order valence-electron chi connectivity index (χ2n) is 7.15. The summed E-state index contributed by atoms with van der Waals surface area (Å²) >= 11 is 6.34. The van der Waals surface area contributed by atoms with Gasteiger partial charge in [-0.1, -0.05) is 29.8 Å². The van der Waals surface area contributed by atoms with Crippen molar-refractivity contribution in [3.05, 3.63) is 58.1 Å². The zero-order valence-corrected chi connectivity index (χ0v) is 18.3. The fourth-order valence-electron chi connectivity index (χ4n) is 3.19. The highest BCUT2D eigenvalue weighted by Crippen LogP contribution is 2.31. The fraction of sp³-hybridized carbons (Fsp3) is 0.364. The first kappa shape index (κ1) is 26.3. The highest BCUT2D eigenvalue weighted by molar-refractivity contribution is 6.33. The van der Waals surface area contributed by atoms with E-state index >= 15 is 0 Å². The Bertz CT molecular complexity index is 956. The third kappa shape index (κ3) is 9.58. The molecule has 0 radical (unpaired) electrons. The number of nitrogens with one attached hydrogen (secondary N) is 2. The summed E-state index contributed by atoms with van der Waals surface area (Å²) in [5.74, 6) is -2.38. The summed E-state index contributed by atoms with van der Waals surface area (Å²) in [7, 11) is 0. The Morgan fingerprint density at radius 2 is 1.73 bits per heavy atom. The van der Waals surface area contributed by atoms with Gasteiger partial charge in [0.15, 0.2) is 0 Å². The number of carboxylic acid groups (broad SMARTS) is 2. The molecule has 0 amide bonds. The molecule has 1 aliphatic heterocycles. The first-order chi connectivity index (χ1) is 15.5. The van der Waals surface area contributed by atoms with Crippen molar-refractivity contribution in [2.24, 2.45) is 0 Å². The molecule has 11 heteroatoms. The molecule has 0 spiro atoms. The molecular weight excluding hydrogens is 465 g/mol. The number of benzene rings is 2. The highest BCUT2D eigenvalue weighted by Gasteiger charge is 2.31.